The van der Waals surface area contributed by atoms with Crippen molar-refractivity contribution in [2.45, 2.75) is 78.2 Å². The first-order valence-electron chi connectivity index (χ1n) is 10.7. The molecule has 0 radical (unpaired) electrons. The molecule has 1 aromatic heterocycles. The highest BCUT2D eigenvalue weighted by Gasteiger charge is 2.29. The van der Waals surface area contributed by atoms with Gasteiger partial charge in [0.15, 0.2) is 0 Å². The molecule has 0 unspecified atom stereocenters. The van der Waals surface area contributed by atoms with Gasteiger partial charge in [-0.3, -0.25) is 9.48 Å². The molecule has 2 aliphatic rings. The van der Waals surface area contributed by atoms with Gasteiger partial charge in [0.05, 0.1) is 12.2 Å². The largest absolute Gasteiger partial charge is 0.303 e. The summed E-state index contributed by atoms with van der Waals surface area (Å²) in [5.74, 6) is 2.38. The fourth-order valence-corrected chi connectivity index (χ4v) is 4.68. The van der Waals surface area contributed by atoms with E-state index in [1.165, 1.54) is 50.9 Å². The molecule has 1 aliphatic heterocycles. The van der Waals surface area contributed by atoms with E-state index in [4.69, 9.17) is 0 Å². The quantitative estimate of drug-likeness (QED) is 0.740. The van der Waals surface area contributed by atoms with Crippen molar-refractivity contribution in [3.8, 4) is 0 Å². The topological polar surface area (TPSA) is 38.1 Å². The number of rotatable bonds is 6. The first-order chi connectivity index (χ1) is 12.4. The van der Waals surface area contributed by atoms with Crippen LogP contribution in [0.2, 0.25) is 0 Å². The van der Waals surface area contributed by atoms with Gasteiger partial charge in [-0.15, -0.1) is 0 Å². The maximum atomic E-state index is 12.2. The molecule has 2 heterocycles. The maximum absolute atomic E-state index is 12.2. The Kier molecular flexibility index (Phi) is 6.55. The van der Waals surface area contributed by atoms with E-state index in [0.717, 1.165) is 18.8 Å². The SMILES string of the molecule is CC(C)c1cnn(C2CCN(C[C@H]3CC[C@H](C(=O)C(C)C)CC3)CC2)c1. The van der Waals surface area contributed by atoms with Gasteiger partial charge < -0.3 is 4.90 Å². The van der Waals surface area contributed by atoms with E-state index >= 15 is 0 Å². The Morgan fingerprint density at radius 3 is 2.27 bits per heavy atom. The average molecular weight is 360 g/mol. The molecule has 0 N–H and O–H groups in total. The maximum Gasteiger partial charge on any atom is 0.138 e. The van der Waals surface area contributed by atoms with Crippen LogP contribution in [0.15, 0.2) is 12.4 Å². The average Bonchev–Trinajstić information content (AvgIpc) is 3.13. The molecule has 1 saturated heterocycles. The summed E-state index contributed by atoms with van der Waals surface area (Å²) >= 11 is 0. The van der Waals surface area contributed by atoms with Crippen molar-refractivity contribution in [2.75, 3.05) is 19.6 Å². The number of hydrogen-bond donors (Lipinski definition) is 0. The van der Waals surface area contributed by atoms with Crippen molar-refractivity contribution in [3.63, 3.8) is 0 Å². The minimum absolute atomic E-state index is 0.203. The van der Waals surface area contributed by atoms with Crippen molar-refractivity contribution >= 4 is 5.78 Å². The lowest BCUT2D eigenvalue weighted by Gasteiger charge is -2.36. The molecule has 2 fully saturated rings. The molecule has 0 spiro atoms. The molecule has 1 saturated carbocycles. The fourth-order valence-electron chi connectivity index (χ4n) is 4.68. The van der Waals surface area contributed by atoms with E-state index in [-0.39, 0.29) is 5.92 Å². The Morgan fingerprint density at radius 1 is 1.08 bits per heavy atom. The predicted molar refractivity (Wildman–Crippen MR) is 106 cm³/mol. The number of nitrogens with zero attached hydrogens (tertiary/aromatic N) is 3. The number of carbonyl (C=O) groups excluding carboxylic acids is 1. The van der Waals surface area contributed by atoms with E-state index < -0.39 is 0 Å². The smallest absolute Gasteiger partial charge is 0.138 e. The minimum atomic E-state index is 0.203. The molecule has 146 valence electrons. The number of Topliss-reactive ketones (excluding diaryl/α,β-unsaturated/α-hetero) is 1. The van der Waals surface area contributed by atoms with Gasteiger partial charge in [0.2, 0.25) is 0 Å². The number of piperidine rings is 1. The summed E-state index contributed by atoms with van der Waals surface area (Å²) in [5.41, 5.74) is 1.35. The molecule has 26 heavy (non-hydrogen) atoms. The van der Waals surface area contributed by atoms with Gasteiger partial charge in [-0.05, 0) is 55.9 Å². The molecule has 0 aromatic carbocycles. The van der Waals surface area contributed by atoms with Gasteiger partial charge in [-0.1, -0.05) is 27.7 Å². The van der Waals surface area contributed by atoms with Crippen LogP contribution >= 0.6 is 0 Å². The Bertz CT molecular complexity index is 576. The van der Waals surface area contributed by atoms with Gasteiger partial charge in [0.25, 0.3) is 0 Å². The third kappa shape index (κ3) is 4.76. The number of aromatic nitrogens is 2. The summed E-state index contributed by atoms with van der Waals surface area (Å²) in [4.78, 5) is 14.8. The van der Waals surface area contributed by atoms with Crippen molar-refractivity contribution < 1.29 is 4.79 Å². The number of carbonyl (C=O) groups is 1. The van der Waals surface area contributed by atoms with Crippen LogP contribution in [0.3, 0.4) is 0 Å². The molecule has 4 heteroatoms. The predicted octanol–water partition coefficient (Wildman–Crippen LogP) is 4.67. The van der Waals surface area contributed by atoms with E-state index in [2.05, 4.69) is 34.7 Å². The minimum Gasteiger partial charge on any atom is -0.303 e. The molecular weight excluding hydrogens is 322 g/mol. The Hall–Kier alpha value is -1.16. The van der Waals surface area contributed by atoms with Gasteiger partial charge in [0.1, 0.15) is 5.78 Å². The van der Waals surface area contributed by atoms with Crippen molar-refractivity contribution in [2.24, 2.45) is 17.8 Å². The first-order valence-corrected chi connectivity index (χ1v) is 10.7. The standard InChI is InChI=1S/C22H37N3O/c1-16(2)20-13-23-25(15-20)21-9-11-24(12-10-21)14-18-5-7-19(8-6-18)22(26)17(3)4/h13,15-19,21H,5-12,14H2,1-4H3/t18-,19-. The summed E-state index contributed by atoms with van der Waals surface area (Å²) in [6.45, 7) is 12.1. The number of ketones is 1. The second-order valence-electron chi connectivity index (χ2n) is 9.21. The van der Waals surface area contributed by atoms with E-state index in [0.29, 0.717) is 23.7 Å². The highest BCUT2D eigenvalue weighted by molar-refractivity contribution is 5.82. The lowest BCUT2D eigenvalue weighted by atomic mass is 9.77. The second kappa shape index (κ2) is 8.69. The lowest BCUT2D eigenvalue weighted by Crippen LogP contribution is -2.39. The van der Waals surface area contributed by atoms with Gasteiger partial charge in [-0.25, -0.2) is 0 Å². The highest BCUT2D eigenvalue weighted by atomic mass is 16.1. The van der Waals surface area contributed by atoms with Crippen LogP contribution in [0.4, 0.5) is 0 Å². The molecule has 0 amide bonds. The summed E-state index contributed by atoms with van der Waals surface area (Å²) in [6.07, 6.45) is 11.4. The molecule has 1 aliphatic carbocycles. The summed E-state index contributed by atoms with van der Waals surface area (Å²) in [7, 11) is 0. The van der Waals surface area contributed by atoms with Crippen molar-refractivity contribution in [1.29, 1.82) is 0 Å². The molecule has 4 nitrogen and oxygen atoms in total. The van der Waals surface area contributed by atoms with E-state index in [9.17, 15) is 4.79 Å². The lowest BCUT2D eigenvalue weighted by molar-refractivity contribution is -0.127. The van der Waals surface area contributed by atoms with Crippen molar-refractivity contribution in [3.05, 3.63) is 18.0 Å². The van der Waals surface area contributed by atoms with Crippen LogP contribution in [0.5, 0.6) is 0 Å². The number of hydrogen-bond acceptors (Lipinski definition) is 3. The Balaban J connectivity index is 1.41. The van der Waals surface area contributed by atoms with Gasteiger partial charge in [0, 0.05) is 37.7 Å². The van der Waals surface area contributed by atoms with Crippen LogP contribution < -0.4 is 0 Å². The second-order valence-corrected chi connectivity index (χ2v) is 9.21. The molecule has 0 atom stereocenters. The monoisotopic (exact) mass is 359 g/mol. The number of likely N-dealkylation sites (tertiary alicyclic amines) is 1. The van der Waals surface area contributed by atoms with E-state index in [1.807, 2.05) is 20.0 Å². The van der Waals surface area contributed by atoms with Gasteiger partial charge in [-0.2, -0.15) is 5.10 Å². The highest BCUT2D eigenvalue weighted by Crippen LogP contribution is 2.32. The third-order valence-corrected chi connectivity index (χ3v) is 6.55. The van der Waals surface area contributed by atoms with Crippen LogP contribution in [0, 0.1) is 17.8 Å². The first kappa shape index (κ1) is 19.6. The van der Waals surface area contributed by atoms with Crippen LogP contribution in [0.1, 0.15) is 83.7 Å². The zero-order valence-electron chi connectivity index (χ0n) is 17.2. The molecule has 3 rings (SSSR count). The zero-order chi connectivity index (χ0) is 18.7. The fraction of sp³-hybridized carbons (Fsp3) is 0.818. The molecule has 0 bridgehead atoms. The molecular formula is C22H37N3O. The zero-order valence-corrected chi connectivity index (χ0v) is 17.2. The van der Waals surface area contributed by atoms with Crippen molar-refractivity contribution in [1.82, 2.24) is 14.7 Å². The van der Waals surface area contributed by atoms with Crippen LogP contribution in [0.25, 0.3) is 0 Å². The summed E-state index contributed by atoms with van der Waals surface area (Å²) < 4.78 is 2.20. The van der Waals surface area contributed by atoms with Crippen LogP contribution in [-0.4, -0.2) is 40.1 Å². The summed E-state index contributed by atoms with van der Waals surface area (Å²) in [6, 6.07) is 0.568. The Labute approximate surface area is 159 Å². The summed E-state index contributed by atoms with van der Waals surface area (Å²) in [5, 5.41) is 4.61. The van der Waals surface area contributed by atoms with Crippen LogP contribution in [-0.2, 0) is 4.79 Å². The normalized spacial score (nSPS) is 25.9. The van der Waals surface area contributed by atoms with E-state index in [1.54, 1.807) is 0 Å². The molecule has 1 aromatic rings. The van der Waals surface area contributed by atoms with Gasteiger partial charge >= 0.3 is 0 Å². The third-order valence-electron chi connectivity index (χ3n) is 6.55. The Morgan fingerprint density at radius 2 is 1.73 bits per heavy atom.